The molecular formula is C19H35N. The Morgan fingerprint density at radius 3 is 2.35 bits per heavy atom. The Balaban J connectivity index is 2.16. The molecule has 20 heavy (non-hydrogen) atoms. The van der Waals surface area contributed by atoms with Crippen LogP contribution in [-0.4, -0.2) is 24.0 Å². The summed E-state index contributed by atoms with van der Waals surface area (Å²) in [7, 11) is 2.38. The first kappa shape index (κ1) is 16.1. The van der Waals surface area contributed by atoms with Crippen LogP contribution in [0, 0.1) is 17.3 Å². The number of allylic oxidation sites excluding steroid dienone is 1. The van der Waals surface area contributed by atoms with Gasteiger partial charge in [-0.2, -0.15) is 0 Å². The maximum Gasteiger partial charge on any atom is 0.0152 e. The highest BCUT2D eigenvalue weighted by molar-refractivity contribution is 5.02. The summed E-state index contributed by atoms with van der Waals surface area (Å²) in [6.07, 6.45) is 9.81. The van der Waals surface area contributed by atoms with Crippen LogP contribution in [0.1, 0.15) is 72.6 Å². The van der Waals surface area contributed by atoms with Gasteiger partial charge in [-0.25, -0.2) is 0 Å². The van der Waals surface area contributed by atoms with Crippen LogP contribution in [0.5, 0.6) is 0 Å². The molecule has 116 valence electrons. The molecule has 0 radical (unpaired) electrons. The lowest BCUT2D eigenvalue weighted by Crippen LogP contribution is -2.56. The van der Waals surface area contributed by atoms with E-state index in [4.69, 9.17) is 0 Å². The molecule has 0 aromatic rings. The average molecular weight is 277 g/mol. The third kappa shape index (κ3) is 3.13. The second-order valence-electron chi connectivity index (χ2n) is 8.15. The van der Waals surface area contributed by atoms with E-state index in [1.54, 1.807) is 0 Å². The first-order valence-electron chi connectivity index (χ1n) is 8.71. The quantitative estimate of drug-likeness (QED) is 0.635. The lowest BCUT2D eigenvalue weighted by molar-refractivity contribution is -0.0391. The van der Waals surface area contributed by atoms with Crippen molar-refractivity contribution in [1.82, 2.24) is 4.90 Å². The second-order valence-corrected chi connectivity index (χ2v) is 8.15. The van der Waals surface area contributed by atoms with Crippen LogP contribution in [-0.2, 0) is 0 Å². The van der Waals surface area contributed by atoms with E-state index in [-0.39, 0.29) is 0 Å². The molecule has 0 N–H and O–H groups in total. The fourth-order valence-corrected chi connectivity index (χ4v) is 4.90. The Bertz CT molecular complexity index is 340. The Labute approximate surface area is 126 Å². The van der Waals surface area contributed by atoms with Gasteiger partial charge in [0.1, 0.15) is 0 Å². The molecule has 4 unspecified atom stereocenters. The fraction of sp³-hybridized carbons (Fsp3) is 0.895. The van der Waals surface area contributed by atoms with Crippen molar-refractivity contribution in [3.8, 4) is 0 Å². The highest BCUT2D eigenvalue weighted by atomic mass is 15.2. The van der Waals surface area contributed by atoms with Gasteiger partial charge in [0.05, 0.1) is 0 Å². The topological polar surface area (TPSA) is 3.24 Å². The summed E-state index contributed by atoms with van der Waals surface area (Å²) in [5, 5.41) is 0. The zero-order valence-electron chi connectivity index (χ0n) is 14.4. The molecular weight excluding hydrogens is 242 g/mol. The molecule has 0 bridgehead atoms. The summed E-state index contributed by atoms with van der Waals surface area (Å²) in [6.45, 7) is 13.8. The first-order valence-corrected chi connectivity index (χ1v) is 8.71. The Hall–Kier alpha value is -0.300. The molecule has 2 aliphatic rings. The van der Waals surface area contributed by atoms with Crippen LogP contribution < -0.4 is 0 Å². The van der Waals surface area contributed by atoms with Gasteiger partial charge in [-0.1, -0.05) is 38.7 Å². The van der Waals surface area contributed by atoms with E-state index in [0.717, 1.165) is 17.9 Å². The van der Waals surface area contributed by atoms with Crippen LogP contribution in [0.2, 0.25) is 0 Å². The van der Waals surface area contributed by atoms with E-state index in [1.807, 2.05) is 0 Å². The second kappa shape index (κ2) is 6.22. The minimum Gasteiger partial charge on any atom is -0.300 e. The molecule has 0 amide bonds. The van der Waals surface area contributed by atoms with Crippen molar-refractivity contribution < 1.29 is 0 Å². The van der Waals surface area contributed by atoms with Crippen LogP contribution in [0.15, 0.2) is 12.2 Å². The fourth-order valence-electron chi connectivity index (χ4n) is 4.90. The molecule has 1 heterocycles. The van der Waals surface area contributed by atoms with Gasteiger partial charge in [-0.3, -0.25) is 4.90 Å². The number of piperidine rings is 1. The van der Waals surface area contributed by atoms with Gasteiger partial charge in [0.25, 0.3) is 0 Å². The molecule has 1 saturated carbocycles. The Morgan fingerprint density at radius 1 is 1.20 bits per heavy atom. The zero-order chi connectivity index (χ0) is 14.9. The van der Waals surface area contributed by atoms with Crippen molar-refractivity contribution in [2.75, 3.05) is 7.05 Å². The molecule has 2 rings (SSSR count). The minimum atomic E-state index is 0.550. The Morgan fingerprint density at radius 2 is 1.80 bits per heavy atom. The van der Waals surface area contributed by atoms with E-state index in [0.29, 0.717) is 11.5 Å². The normalized spacial score (nSPS) is 38.6. The molecule has 2 fully saturated rings. The summed E-state index contributed by atoms with van der Waals surface area (Å²) in [4.78, 5) is 2.71. The molecule has 0 aromatic carbocycles. The van der Waals surface area contributed by atoms with Gasteiger partial charge in [0, 0.05) is 12.1 Å². The van der Waals surface area contributed by atoms with Gasteiger partial charge in [-0.15, -0.1) is 6.58 Å². The number of rotatable bonds is 3. The predicted octanol–water partition coefficient (Wildman–Crippen LogP) is 5.27. The van der Waals surface area contributed by atoms with E-state index >= 15 is 0 Å². The number of hydrogen-bond donors (Lipinski definition) is 0. The van der Waals surface area contributed by atoms with Gasteiger partial charge in [-0.05, 0) is 63.8 Å². The first-order chi connectivity index (χ1) is 9.35. The largest absolute Gasteiger partial charge is 0.300 e. The number of nitrogens with zero attached hydrogens (tertiary/aromatic N) is 1. The van der Waals surface area contributed by atoms with Crippen molar-refractivity contribution in [3.05, 3.63) is 12.2 Å². The summed E-state index contributed by atoms with van der Waals surface area (Å²) in [6, 6.07) is 1.48. The average Bonchev–Trinajstić information content (AvgIpc) is 2.39. The van der Waals surface area contributed by atoms with Crippen LogP contribution in [0.4, 0.5) is 0 Å². The third-order valence-electron chi connectivity index (χ3n) is 6.58. The minimum absolute atomic E-state index is 0.550. The van der Waals surface area contributed by atoms with Gasteiger partial charge >= 0.3 is 0 Å². The van der Waals surface area contributed by atoms with Gasteiger partial charge in [0.15, 0.2) is 0 Å². The molecule has 1 heteroatoms. The molecule has 1 aliphatic heterocycles. The van der Waals surface area contributed by atoms with Crippen LogP contribution in [0.3, 0.4) is 0 Å². The summed E-state index contributed by atoms with van der Waals surface area (Å²) < 4.78 is 0. The summed E-state index contributed by atoms with van der Waals surface area (Å²) in [5.74, 6) is 1.63. The van der Waals surface area contributed by atoms with Crippen molar-refractivity contribution in [2.45, 2.75) is 84.7 Å². The molecule has 0 spiro atoms. The number of likely N-dealkylation sites (tertiary alicyclic amines) is 1. The van der Waals surface area contributed by atoms with Crippen LogP contribution in [0.25, 0.3) is 0 Å². The molecule has 1 nitrogen and oxygen atoms in total. The lowest BCUT2D eigenvalue weighted by atomic mass is 9.63. The zero-order valence-corrected chi connectivity index (χ0v) is 14.4. The van der Waals surface area contributed by atoms with Crippen molar-refractivity contribution in [3.63, 3.8) is 0 Å². The monoisotopic (exact) mass is 277 g/mol. The van der Waals surface area contributed by atoms with Gasteiger partial charge < -0.3 is 0 Å². The molecule has 0 aromatic heterocycles. The highest BCUT2D eigenvalue weighted by Crippen LogP contribution is 2.47. The van der Waals surface area contributed by atoms with E-state index < -0.39 is 0 Å². The van der Waals surface area contributed by atoms with E-state index in [2.05, 4.69) is 46.2 Å². The summed E-state index contributed by atoms with van der Waals surface area (Å²) >= 11 is 0. The molecule has 4 atom stereocenters. The van der Waals surface area contributed by atoms with E-state index in [9.17, 15) is 0 Å². The van der Waals surface area contributed by atoms with Crippen molar-refractivity contribution >= 4 is 0 Å². The number of hydrogen-bond acceptors (Lipinski definition) is 1. The third-order valence-corrected chi connectivity index (χ3v) is 6.58. The molecule has 1 aliphatic carbocycles. The van der Waals surface area contributed by atoms with Crippen molar-refractivity contribution in [1.29, 1.82) is 0 Å². The molecule has 1 saturated heterocycles. The lowest BCUT2D eigenvalue weighted by Gasteiger charge is -2.54. The van der Waals surface area contributed by atoms with Crippen LogP contribution >= 0.6 is 0 Å². The smallest absolute Gasteiger partial charge is 0.0152 e. The summed E-state index contributed by atoms with van der Waals surface area (Å²) in [5.41, 5.74) is 1.92. The maximum absolute atomic E-state index is 4.17. The van der Waals surface area contributed by atoms with E-state index in [1.165, 1.54) is 50.5 Å². The Kier molecular flexibility index (Phi) is 5.00. The van der Waals surface area contributed by atoms with Gasteiger partial charge in [0.2, 0.25) is 0 Å². The maximum atomic E-state index is 4.17. The SMILES string of the molecule is C=C(C)CC1CC(C2(C)CCCCC2)N(C)C(C)C1C. The standard InChI is InChI=1S/C19H35N/c1-14(2)12-17-13-18(20(6)16(4)15(17)3)19(5)10-8-7-9-11-19/h15-18H,1,7-13H2,2-6H3. The van der Waals surface area contributed by atoms with Crippen molar-refractivity contribution in [2.24, 2.45) is 17.3 Å². The predicted molar refractivity (Wildman–Crippen MR) is 88.9 cm³/mol. The highest BCUT2D eigenvalue weighted by Gasteiger charge is 2.45.